The minimum absolute atomic E-state index is 0.0782. The van der Waals surface area contributed by atoms with Gasteiger partial charge >= 0.3 is 5.97 Å². The normalized spacial score (nSPS) is 26.4. The molecule has 1 amide bonds. The van der Waals surface area contributed by atoms with Gasteiger partial charge in [-0.1, -0.05) is 17.7 Å². The molecule has 2 bridgehead atoms. The lowest BCUT2D eigenvalue weighted by Crippen LogP contribution is -2.47. The molecule has 0 radical (unpaired) electrons. The summed E-state index contributed by atoms with van der Waals surface area (Å²) in [4.78, 5) is 31.9. The number of benzene rings is 1. The highest BCUT2D eigenvalue weighted by Crippen LogP contribution is 2.53. The van der Waals surface area contributed by atoms with E-state index in [0.29, 0.717) is 19.3 Å². The lowest BCUT2D eigenvalue weighted by atomic mass is 9.71. The number of nitrogens with zero attached hydrogens (tertiary/aromatic N) is 2. The van der Waals surface area contributed by atoms with Crippen LogP contribution in [0.5, 0.6) is 0 Å². The first-order valence-corrected chi connectivity index (χ1v) is 10.0. The fourth-order valence-electron chi connectivity index (χ4n) is 4.65. The third kappa shape index (κ3) is 2.84. The van der Waals surface area contributed by atoms with Crippen molar-refractivity contribution >= 4 is 34.8 Å². The van der Waals surface area contributed by atoms with Crippen molar-refractivity contribution in [3.05, 3.63) is 51.2 Å². The molecule has 0 saturated carbocycles. The average molecular weight is 409 g/mol. The highest BCUT2D eigenvalue weighted by molar-refractivity contribution is 7.07. The molecule has 4 rings (SSSR count). The minimum Gasteiger partial charge on any atom is -0.469 e. The maximum absolute atomic E-state index is 14.3. The van der Waals surface area contributed by atoms with Crippen molar-refractivity contribution in [2.45, 2.75) is 37.8 Å². The number of hydrogen-bond acceptors (Lipinski definition) is 5. The van der Waals surface area contributed by atoms with Crippen LogP contribution in [-0.4, -0.2) is 41.0 Å². The van der Waals surface area contributed by atoms with Crippen LogP contribution in [0.1, 0.15) is 35.3 Å². The van der Waals surface area contributed by atoms with Crippen LogP contribution in [0.15, 0.2) is 29.1 Å². The van der Waals surface area contributed by atoms with Gasteiger partial charge < -0.3 is 9.64 Å². The molecule has 5 nitrogen and oxygen atoms in total. The van der Waals surface area contributed by atoms with Gasteiger partial charge in [-0.15, -0.1) is 11.3 Å². The lowest BCUT2D eigenvalue weighted by molar-refractivity contribution is -0.154. The Morgan fingerprint density at radius 3 is 2.93 bits per heavy atom. The number of esters is 1. The van der Waals surface area contributed by atoms with Crippen LogP contribution in [0.2, 0.25) is 5.02 Å². The SMILES string of the molecule is COC(=O)[C@@]1(Cc2cscn2)C[C@H]2CC[C@@H]1N2C(=O)c1c(F)cccc1Cl. The Morgan fingerprint density at radius 2 is 2.26 bits per heavy atom. The molecular formula is C19H18ClFN2O3S. The van der Waals surface area contributed by atoms with Crippen molar-refractivity contribution in [1.29, 1.82) is 0 Å². The Balaban J connectivity index is 1.72. The Bertz CT molecular complexity index is 871. The van der Waals surface area contributed by atoms with Gasteiger partial charge in [-0.25, -0.2) is 9.37 Å². The summed E-state index contributed by atoms with van der Waals surface area (Å²) < 4.78 is 19.4. The van der Waals surface area contributed by atoms with Crippen molar-refractivity contribution in [2.24, 2.45) is 5.41 Å². The van der Waals surface area contributed by atoms with E-state index in [9.17, 15) is 14.0 Å². The van der Waals surface area contributed by atoms with Gasteiger partial charge in [0.25, 0.3) is 5.91 Å². The molecule has 2 aromatic rings. The summed E-state index contributed by atoms with van der Waals surface area (Å²) in [6.07, 6.45) is 2.33. The molecule has 1 aromatic carbocycles. The molecule has 27 heavy (non-hydrogen) atoms. The molecule has 0 unspecified atom stereocenters. The second-order valence-corrected chi connectivity index (χ2v) is 8.19. The Morgan fingerprint density at radius 1 is 1.44 bits per heavy atom. The van der Waals surface area contributed by atoms with Crippen molar-refractivity contribution < 1.29 is 18.7 Å². The highest BCUT2D eigenvalue weighted by atomic mass is 35.5. The molecule has 0 N–H and O–H groups in total. The smallest absolute Gasteiger partial charge is 0.314 e. The molecule has 1 aromatic heterocycles. The standard InChI is InChI=1S/C19H18ClFN2O3S/c1-26-18(25)19(7-11-9-27-10-22-11)8-12-5-6-15(19)23(12)17(24)16-13(20)3-2-4-14(16)21/h2-4,9-10,12,15H,5-8H2,1H3/t12-,15+,19+/m1/s1. The summed E-state index contributed by atoms with van der Waals surface area (Å²) in [5.41, 5.74) is 1.52. The first kappa shape index (κ1) is 18.4. The fraction of sp³-hybridized carbons (Fsp3) is 0.421. The minimum atomic E-state index is -0.862. The number of thiazole rings is 1. The summed E-state index contributed by atoms with van der Waals surface area (Å²) in [5.74, 6) is -1.46. The molecule has 8 heteroatoms. The summed E-state index contributed by atoms with van der Waals surface area (Å²) in [6.45, 7) is 0. The molecule has 2 saturated heterocycles. The van der Waals surface area contributed by atoms with Crippen LogP contribution >= 0.6 is 22.9 Å². The van der Waals surface area contributed by atoms with Gasteiger partial charge in [0.2, 0.25) is 0 Å². The van der Waals surface area contributed by atoms with E-state index in [1.54, 1.807) is 10.4 Å². The van der Waals surface area contributed by atoms with E-state index >= 15 is 0 Å². The maximum Gasteiger partial charge on any atom is 0.314 e. The topological polar surface area (TPSA) is 59.5 Å². The van der Waals surface area contributed by atoms with Crippen LogP contribution < -0.4 is 0 Å². The number of ether oxygens (including phenoxy) is 1. The number of aromatic nitrogens is 1. The van der Waals surface area contributed by atoms with E-state index in [1.807, 2.05) is 5.38 Å². The number of methoxy groups -OCH3 is 1. The van der Waals surface area contributed by atoms with E-state index in [2.05, 4.69) is 4.98 Å². The van der Waals surface area contributed by atoms with Crippen molar-refractivity contribution in [2.75, 3.05) is 7.11 Å². The van der Waals surface area contributed by atoms with E-state index in [-0.39, 0.29) is 28.6 Å². The number of fused-ring (bicyclic) bond motifs is 2. The molecule has 2 aliphatic rings. The zero-order valence-corrected chi connectivity index (χ0v) is 16.2. The number of hydrogen-bond donors (Lipinski definition) is 0. The summed E-state index contributed by atoms with van der Waals surface area (Å²) in [7, 11) is 1.36. The summed E-state index contributed by atoms with van der Waals surface area (Å²) in [6, 6.07) is 3.68. The number of rotatable bonds is 4. The van der Waals surface area contributed by atoms with Crippen molar-refractivity contribution in [3.63, 3.8) is 0 Å². The predicted molar refractivity (Wildman–Crippen MR) is 99.3 cm³/mol. The largest absolute Gasteiger partial charge is 0.469 e. The first-order chi connectivity index (χ1) is 13.0. The van der Waals surface area contributed by atoms with Crippen LogP contribution in [0.4, 0.5) is 4.39 Å². The zero-order valence-electron chi connectivity index (χ0n) is 14.7. The van der Waals surface area contributed by atoms with Gasteiger partial charge in [-0.2, -0.15) is 0 Å². The number of halogens is 2. The molecule has 0 aliphatic carbocycles. The molecule has 3 atom stereocenters. The molecular weight excluding hydrogens is 391 g/mol. The number of carbonyl (C=O) groups excluding carboxylic acids is 2. The monoisotopic (exact) mass is 408 g/mol. The highest BCUT2D eigenvalue weighted by Gasteiger charge is 2.62. The van der Waals surface area contributed by atoms with Crippen LogP contribution in [0, 0.1) is 11.2 Å². The van der Waals surface area contributed by atoms with Crippen LogP contribution in [0.3, 0.4) is 0 Å². The molecule has 2 fully saturated rings. The molecule has 0 spiro atoms. The first-order valence-electron chi connectivity index (χ1n) is 8.70. The average Bonchev–Trinajstić information content (AvgIpc) is 3.36. The van der Waals surface area contributed by atoms with Crippen molar-refractivity contribution in [1.82, 2.24) is 9.88 Å². The van der Waals surface area contributed by atoms with Gasteiger partial charge in [0.1, 0.15) is 5.82 Å². The zero-order chi connectivity index (χ0) is 19.2. The summed E-state index contributed by atoms with van der Waals surface area (Å²) >= 11 is 7.56. The van der Waals surface area contributed by atoms with E-state index in [4.69, 9.17) is 16.3 Å². The van der Waals surface area contributed by atoms with E-state index < -0.39 is 17.1 Å². The third-order valence-electron chi connectivity index (χ3n) is 5.72. The lowest BCUT2D eigenvalue weighted by Gasteiger charge is -2.34. The predicted octanol–water partition coefficient (Wildman–Crippen LogP) is 3.71. The Hall–Kier alpha value is -1.99. The van der Waals surface area contributed by atoms with Gasteiger partial charge in [-0.3, -0.25) is 9.59 Å². The van der Waals surface area contributed by atoms with Gasteiger partial charge in [0.05, 0.1) is 34.3 Å². The summed E-state index contributed by atoms with van der Waals surface area (Å²) in [5, 5.41) is 1.98. The van der Waals surface area contributed by atoms with Gasteiger partial charge in [0.15, 0.2) is 0 Å². The Kier molecular flexibility index (Phi) is 4.68. The third-order valence-corrected chi connectivity index (χ3v) is 6.67. The van der Waals surface area contributed by atoms with E-state index in [0.717, 1.165) is 12.1 Å². The molecule has 142 valence electrons. The quantitative estimate of drug-likeness (QED) is 0.723. The van der Waals surface area contributed by atoms with E-state index in [1.165, 1.54) is 36.6 Å². The number of carbonyl (C=O) groups is 2. The Labute approximate surface area is 165 Å². The van der Waals surface area contributed by atoms with Crippen molar-refractivity contribution in [3.8, 4) is 0 Å². The maximum atomic E-state index is 14.3. The molecule has 3 heterocycles. The van der Waals surface area contributed by atoms with Crippen LogP contribution in [0.25, 0.3) is 0 Å². The van der Waals surface area contributed by atoms with Gasteiger partial charge in [-0.05, 0) is 31.4 Å². The fourth-order valence-corrected chi connectivity index (χ4v) is 5.46. The second-order valence-electron chi connectivity index (χ2n) is 7.06. The second kappa shape index (κ2) is 6.87. The number of amides is 1. The van der Waals surface area contributed by atoms with Gasteiger partial charge in [0, 0.05) is 23.9 Å². The van der Waals surface area contributed by atoms with Crippen LogP contribution in [-0.2, 0) is 16.0 Å². The molecule has 2 aliphatic heterocycles.